The minimum Gasteiger partial charge on any atom is -0.445 e. The van der Waals surface area contributed by atoms with Crippen molar-refractivity contribution >= 4 is 96.0 Å². The van der Waals surface area contributed by atoms with Gasteiger partial charge in [0.05, 0.1) is 11.0 Å². The van der Waals surface area contributed by atoms with Gasteiger partial charge in [-0.15, -0.1) is 11.3 Å². The van der Waals surface area contributed by atoms with E-state index in [4.69, 9.17) is 4.42 Å². The molecule has 0 saturated carbocycles. The molecule has 2 nitrogen and oxygen atoms in total. The van der Waals surface area contributed by atoms with Crippen molar-refractivity contribution in [2.45, 2.75) is 0 Å². The first-order valence-corrected chi connectivity index (χ1v) is 15.7. The molecule has 0 radical (unpaired) electrons. The van der Waals surface area contributed by atoms with E-state index in [0.717, 1.165) is 10.5 Å². The Morgan fingerprint density at radius 3 is 2.02 bits per heavy atom. The second kappa shape index (κ2) is 8.32. The van der Waals surface area contributed by atoms with Gasteiger partial charge in [0, 0.05) is 57.5 Å². The molecule has 0 unspecified atom stereocenters. The predicted octanol–water partition coefficient (Wildman–Crippen LogP) is 11.9. The number of hydrogen-bond donors (Lipinski definition) is 0. The number of nitrogens with zero attached hydrogens (tertiary/aromatic N) is 1. The molecular weight excluding hydrogens is 551 g/mol. The molecule has 0 saturated heterocycles. The number of hydrogen-bond acceptors (Lipinski definition) is 3. The first-order chi connectivity index (χ1) is 20.8. The third-order valence-corrected chi connectivity index (χ3v) is 10.9. The first-order valence-electron chi connectivity index (χ1n) is 14.1. The molecule has 42 heavy (non-hydrogen) atoms. The van der Waals surface area contributed by atoms with Crippen molar-refractivity contribution in [1.82, 2.24) is 4.57 Å². The summed E-state index contributed by atoms with van der Waals surface area (Å²) in [6.45, 7) is 0. The molecule has 0 N–H and O–H groups in total. The Bertz CT molecular complexity index is 2640. The standard InChI is InChI=1S/C38H21NOS2/c1-4-13-31-25(8-1)26-9-2-5-14-32(26)39(31)23-17-19-34-29(21-23)27-12-7-11-24(37(27)41-34)22-16-18-35-30(20-22)36-28-10-3-6-15-33(28)40-38(36)42-35/h1-21H. The lowest BCUT2D eigenvalue weighted by Crippen LogP contribution is -1.93. The number of rotatable bonds is 2. The van der Waals surface area contributed by atoms with E-state index in [1.807, 2.05) is 17.4 Å². The van der Waals surface area contributed by atoms with Crippen LogP contribution in [-0.2, 0) is 0 Å². The fourth-order valence-electron chi connectivity index (χ4n) is 6.79. The lowest BCUT2D eigenvalue weighted by molar-refractivity contribution is 0.678. The zero-order valence-corrected chi connectivity index (χ0v) is 23.9. The van der Waals surface area contributed by atoms with Crippen LogP contribution >= 0.6 is 22.7 Å². The SMILES string of the molecule is c1ccc2c(c1)oc1sc3ccc(-c4cccc5c4sc4ccc(-n6c7ccccc7c7ccccc76)cc45)cc3c12. The van der Waals surface area contributed by atoms with Crippen LogP contribution in [-0.4, -0.2) is 4.57 Å². The maximum Gasteiger partial charge on any atom is 0.190 e. The van der Waals surface area contributed by atoms with Crippen LogP contribution in [0.5, 0.6) is 0 Å². The van der Waals surface area contributed by atoms with Crippen molar-refractivity contribution in [3.63, 3.8) is 0 Å². The second-order valence-corrected chi connectivity index (χ2v) is 13.0. The monoisotopic (exact) mass is 571 g/mol. The fraction of sp³-hybridized carbons (Fsp3) is 0. The highest BCUT2D eigenvalue weighted by molar-refractivity contribution is 7.26. The average molecular weight is 572 g/mol. The van der Waals surface area contributed by atoms with E-state index in [-0.39, 0.29) is 0 Å². The third-order valence-electron chi connectivity index (χ3n) is 8.64. The molecule has 6 aromatic carbocycles. The van der Waals surface area contributed by atoms with Crippen LogP contribution in [0, 0.1) is 0 Å². The van der Waals surface area contributed by atoms with Gasteiger partial charge in [-0.2, -0.15) is 0 Å². The highest BCUT2D eigenvalue weighted by atomic mass is 32.1. The van der Waals surface area contributed by atoms with Gasteiger partial charge >= 0.3 is 0 Å². The summed E-state index contributed by atoms with van der Waals surface area (Å²) in [5.41, 5.74) is 7.14. The van der Waals surface area contributed by atoms with Gasteiger partial charge in [-0.05, 0) is 59.7 Å². The lowest BCUT2D eigenvalue weighted by atomic mass is 10.0. The van der Waals surface area contributed by atoms with Gasteiger partial charge in [0.15, 0.2) is 4.90 Å². The molecule has 0 aliphatic heterocycles. The zero-order chi connectivity index (χ0) is 27.4. The first kappa shape index (κ1) is 22.8. The van der Waals surface area contributed by atoms with Crippen LogP contribution in [0.3, 0.4) is 0 Å². The van der Waals surface area contributed by atoms with Gasteiger partial charge < -0.3 is 8.98 Å². The Labute approximate surface area is 248 Å². The number of para-hydroxylation sites is 3. The second-order valence-electron chi connectivity index (χ2n) is 10.9. The van der Waals surface area contributed by atoms with Crippen molar-refractivity contribution in [2.24, 2.45) is 0 Å². The molecule has 0 atom stereocenters. The van der Waals surface area contributed by atoms with Crippen LogP contribution in [0.2, 0.25) is 0 Å². The van der Waals surface area contributed by atoms with E-state index in [9.17, 15) is 0 Å². The molecule has 0 bridgehead atoms. The Morgan fingerprint density at radius 2 is 1.19 bits per heavy atom. The van der Waals surface area contributed by atoms with E-state index in [2.05, 4.69) is 126 Å². The Balaban J connectivity index is 1.20. The van der Waals surface area contributed by atoms with Crippen molar-refractivity contribution in [3.8, 4) is 16.8 Å². The quantitative estimate of drug-likeness (QED) is 0.202. The number of benzene rings is 6. The lowest BCUT2D eigenvalue weighted by Gasteiger charge is -2.08. The highest BCUT2D eigenvalue weighted by Gasteiger charge is 2.17. The van der Waals surface area contributed by atoms with Crippen LogP contribution < -0.4 is 0 Å². The summed E-state index contributed by atoms with van der Waals surface area (Å²) in [5.74, 6) is 0. The molecule has 4 heteroatoms. The minimum absolute atomic E-state index is 0.955. The van der Waals surface area contributed by atoms with Gasteiger partial charge in [-0.3, -0.25) is 0 Å². The maximum absolute atomic E-state index is 6.21. The molecular formula is C38H21NOS2. The Hall–Kier alpha value is -4.90. The molecule has 10 rings (SSSR count). The normalized spacial score (nSPS) is 12.3. The van der Waals surface area contributed by atoms with Gasteiger partial charge in [0.2, 0.25) is 0 Å². The van der Waals surface area contributed by atoms with Gasteiger partial charge in [-0.1, -0.05) is 90.2 Å². The Morgan fingerprint density at radius 1 is 0.500 bits per heavy atom. The van der Waals surface area contributed by atoms with Crippen LogP contribution in [0.25, 0.3) is 90.1 Å². The summed E-state index contributed by atoms with van der Waals surface area (Å²) in [6.07, 6.45) is 0. The zero-order valence-electron chi connectivity index (χ0n) is 22.3. The van der Waals surface area contributed by atoms with E-state index >= 15 is 0 Å². The molecule has 4 heterocycles. The topological polar surface area (TPSA) is 18.1 Å². The van der Waals surface area contributed by atoms with Crippen LogP contribution in [0.4, 0.5) is 0 Å². The van der Waals surface area contributed by atoms with Crippen LogP contribution in [0.15, 0.2) is 132 Å². The number of furan rings is 1. The van der Waals surface area contributed by atoms with Gasteiger partial charge in [-0.25, -0.2) is 0 Å². The third kappa shape index (κ3) is 3.03. The van der Waals surface area contributed by atoms with E-state index in [0.29, 0.717) is 0 Å². The summed E-state index contributed by atoms with van der Waals surface area (Å²) < 4.78 is 12.5. The van der Waals surface area contributed by atoms with Crippen molar-refractivity contribution in [3.05, 3.63) is 127 Å². The minimum atomic E-state index is 0.955. The molecule has 0 spiro atoms. The number of thiophene rings is 2. The van der Waals surface area contributed by atoms with Gasteiger partial charge in [0.1, 0.15) is 5.58 Å². The molecule has 4 aromatic heterocycles. The molecule has 0 fully saturated rings. The largest absolute Gasteiger partial charge is 0.445 e. The highest BCUT2D eigenvalue weighted by Crippen LogP contribution is 2.45. The summed E-state index contributed by atoms with van der Waals surface area (Å²) in [4.78, 5) is 1.00. The van der Waals surface area contributed by atoms with Crippen molar-refractivity contribution in [2.75, 3.05) is 0 Å². The smallest absolute Gasteiger partial charge is 0.190 e. The molecule has 0 aliphatic rings. The summed E-state index contributed by atoms with van der Waals surface area (Å²) in [7, 11) is 0. The average Bonchev–Trinajstić information content (AvgIpc) is 3.78. The molecule has 0 amide bonds. The summed E-state index contributed by atoms with van der Waals surface area (Å²) in [5, 5.41) is 8.86. The van der Waals surface area contributed by atoms with Crippen molar-refractivity contribution in [1.29, 1.82) is 0 Å². The van der Waals surface area contributed by atoms with E-state index in [1.54, 1.807) is 11.3 Å². The molecule has 196 valence electrons. The van der Waals surface area contributed by atoms with Gasteiger partial charge in [0.25, 0.3) is 0 Å². The Kier molecular flexibility index (Phi) is 4.51. The van der Waals surface area contributed by atoms with Crippen molar-refractivity contribution < 1.29 is 4.42 Å². The predicted molar refractivity (Wildman–Crippen MR) is 182 cm³/mol. The summed E-state index contributed by atoms with van der Waals surface area (Å²) >= 11 is 3.62. The number of aromatic nitrogens is 1. The van der Waals surface area contributed by atoms with E-state index in [1.165, 1.54) is 79.7 Å². The molecule has 0 aliphatic carbocycles. The summed E-state index contributed by atoms with van der Waals surface area (Å²) in [6, 6.07) is 46.4. The van der Waals surface area contributed by atoms with Crippen LogP contribution in [0.1, 0.15) is 0 Å². The number of fused-ring (bicyclic) bond motifs is 11. The molecule has 10 aromatic rings. The fourth-order valence-corrected chi connectivity index (χ4v) is 9.06. The maximum atomic E-state index is 6.21. The van der Waals surface area contributed by atoms with E-state index < -0.39 is 0 Å².